The lowest BCUT2D eigenvalue weighted by Crippen LogP contribution is -2.42. The van der Waals surface area contributed by atoms with E-state index in [-0.39, 0.29) is 6.04 Å². The molecule has 0 bridgehead atoms. The molecule has 1 aromatic carbocycles. The van der Waals surface area contributed by atoms with Crippen molar-refractivity contribution in [2.24, 2.45) is 0 Å². The molecule has 2 unspecified atom stereocenters. The summed E-state index contributed by atoms with van der Waals surface area (Å²) in [6, 6.07) is 11.4. The van der Waals surface area contributed by atoms with E-state index in [0.29, 0.717) is 12.0 Å². The molecule has 6 heteroatoms. The minimum Gasteiger partial charge on any atom is -0.342 e. The van der Waals surface area contributed by atoms with Gasteiger partial charge in [0.1, 0.15) is 17.8 Å². The molecule has 1 aliphatic carbocycles. The first kappa shape index (κ1) is 18.3. The molecule has 0 amide bonds. The van der Waals surface area contributed by atoms with Crippen molar-refractivity contribution in [1.82, 2.24) is 24.7 Å². The van der Waals surface area contributed by atoms with Gasteiger partial charge in [0.25, 0.3) is 0 Å². The number of rotatable bonds is 5. The smallest absolute Gasteiger partial charge is 0.160 e. The minimum atomic E-state index is 0.224. The van der Waals surface area contributed by atoms with Crippen LogP contribution in [0.2, 0.25) is 0 Å². The molecule has 0 radical (unpaired) electrons. The van der Waals surface area contributed by atoms with Gasteiger partial charge in [-0.05, 0) is 30.7 Å². The Bertz CT molecular complexity index is 976. The number of aromatic nitrogens is 5. The van der Waals surface area contributed by atoms with Crippen LogP contribution in [0.25, 0.3) is 5.69 Å². The van der Waals surface area contributed by atoms with Crippen molar-refractivity contribution in [2.75, 3.05) is 4.90 Å². The number of fused-ring (bicyclic) bond motifs is 3. The molecule has 0 N–H and O–H groups in total. The number of hydrogen-bond acceptors (Lipinski definition) is 5. The van der Waals surface area contributed by atoms with Crippen LogP contribution in [0.1, 0.15) is 75.1 Å². The third-order valence-corrected chi connectivity index (χ3v) is 6.47. The molecular weight excluding hydrogens is 360 g/mol. The lowest BCUT2D eigenvalue weighted by Gasteiger charge is -2.40. The van der Waals surface area contributed by atoms with Crippen LogP contribution in [0.4, 0.5) is 5.82 Å². The van der Waals surface area contributed by atoms with Crippen molar-refractivity contribution in [3.05, 3.63) is 60.1 Å². The zero-order valence-electron chi connectivity index (χ0n) is 17.2. The Kier molecular flexibility index (Phi) is 4.78. The predicted molar refractivity (Wildman–Crippen MR) is 113 cm³/mol. The van der Waals surface area contributed by atoms with Crippen LogP contribution in [-0.4, -0.2) is 30.8 Å². The van der Waals surface area contributed by atoms with Crippen molar-refractivity contribution in [3.8, 4) is 5.69 Å². The molecule has 3 aromatic rings. The molecule has 2 aliphatic rings. The molecule has 0 spiro atoms. The van der Waals surface area contributed by atoms with Crippen LogP contribution in [0.5, 0.6) is 0 Å². The number of anilines is 1. The molecule has 2 aromatic heterocycles. The minimum absolute atomic E-state index is 0.224. The third kappa shape index (κ3) is 3.20. The highest BCUT2D eigenvalue weighted by Crippen LogP contribution is 2.42. The molecule has 3 heterocycles. The summed E-state index contributed by atoms with van der Waals surface area (Å²) in [6.45, 7) is 4.48. The molecular formula is C23H28N6. The molecule has 5 rings (SSSR count). The van der Waals surface area contributed by atoms with Gasteiger partial charge in [0.05, 0.1) is 12.2 Å². The van der Waals surface area contributed by atoms with E-state index in [9.17, 15) is 0 Å². The summed E-state index contributed by atoms with van der Waals surface area (Å²) < 4.78 is 2.08. The zero-order chi connectivity index (χ0) is 19.8. The highest BCUT2D eigenvalue weighted by molar-refractivity contribution is 5.62. The average Bonchev–Trinajstić information content (AvgIpc) is 3.45. The first-order valence-electron chi connectivity index (χ1n) is 10.9. The van der Waals surface area contributed by atoms with Crippen LogP contribution >= 0.6 is 0 Å². The van der Waals surface area contributed by atoms with Crippen LogP contribution in [0.15, 0.2) is 42.9 Å². The zero-order valence-corrected chi connectivity index (χ0v) is 17.2. The summed E-state index contributed by atoms with van der Waals surface area (Å²) in [6.07, 6.45) is 10.6. The first-order valence-corrected chi connectivity index (χ1v) is 10.9. The molecule has 1 saturated carbocycles. The Hall–Kier alpha value is -2.76. The average molecular weight is 389 g/mol. The highest BCUT2D eigenvalue weighted by atomic mass is 15.4. The fraction of sp³-hybridized carbons (Fsp3) is 0.478. The SMILES string of the molecule is CCC1c2nncn2-c2cnc(CC(C)c3ccccc3)nc2N1C1CCCC1. The van der Waals surface area contributed by atoms with Crippen molar-refractivity contribution < 1.29 is 0 Å². The summed E-state index contributed by atoms with van der Waals surface area (Å²) in [5, 5.41) is 8.66. The highest BCUT2D eigenvalue weighted by Gasteiger charge is 2.38. The van der Waals surface area contributed by atoms with Gasteiger partial charge in [0.15, 0.2) is 11.6 Å². The predicted octanol–water partition coefficient (Wildman–Crippen LogP) is 4.62. The lowest BCUT2D eigenvalue weighted by molar-refractivity contribution is 0.467. The molecule has 2 atom stereocenters. The van der Waals surface area contributed by atoms with Crippen LogP contribution < -0.4 is 4.90 Å². The van der Waals surface area contributed by atoms with E-state index < -0.39 is 0 Å². The second-order valence-corrected chi connectivity index (χ2v) is 8.34. The number of hydrogen-bond donors (Lipinski definition) is 0. The quantitative estimate of drug-likeness (QED) is 0.638. The second-order valence-electron chi connectivity index (χ2n) is 8.34. The van der Waals surface area contributed by atoms with Gasteiger partial charge in [-0.15, -0.1) is 10.2 Å². The summed E-state index contributed by atoms with van der Waals surface area (Å²) in [5.74, 6) is 3.36. The van der Waals surface area contributed by atoms with E-state index in [0.717, 1.165) is 36.0 Å². The van der Waals surface area contributed by atoms with Crippen LogP contribution in [-0.2, 0) is 6.42 Å². The van der Waals surface area contributed by atoms with Gasteiger partial charge in [0.2, 0.25) is 0 Å². The maximum Gasteiger partial charge on any atom is 0.160 e. The van der Waals surface area contributed by atoms with E-state index in [1.807, 2.05) is 6.20 Å². The van der Waals surface area contributed by atoms with Crippen LogP contribution in [0.3, 0.4) is 0 Å². The van der Waals surface area contributed by atoms with E-state index in [4.69, 9.17) is 9.97 Å². The third-order valence-electron chi connectivity index (χ3n) is 6.47. The normalized spacial score (nSPS) is 19.8. The summed E-state index contributed by atoms with van der Waals surface area (Å²) in [4.78, 5) is 12.4. The Morgan fingerprint density at radius 3 is 2.69 bits per heavy atom. The second kappa shape index (κ2) is 7.58. The van der Waals surface area contributed by atoms with Crippen molar-refractivity contribution in [1.29, 1.82) is 0 Å². The first-order chi connectivity index (χ1) is 14.3. The van der Waals surface area contributed by atoms with Gasteiger partial charge in [-0.1, -0.05) is 57.0 Å². The van der Waals surface area contributed by atoms with Gasteiger partial charge >= 0.3 is 0 Å². The fourth-order valence-corrected chi connectivity index (χ4v) is 4.95. The van der Waals surface area contributed by atoms with Gasteiger partial charge in [-0.3, -0.25) is 4.57 Å². The number of nitrogens with zero attached hydrogens (tertiary/aromatic N) is 6. The molecule has 0 saturated heterocycles. The summed E-state index contributed by atoms with van der Waals surface area (Å²) in [7, 11) is 0. The monoisotopic (exact) mass is 388 g/mol. The van der Waals surface area contributed by atoms with Gasteiger partial charge in [-0.25, -0.2) is 9.97 Å². The van der Waals surface area contributed by atoms with E-state index in [1.54, 1.807) is 6.33 Å². The molecule has 1 aliphatic heterocycles. The Balaban J connectivity index is 1.54. The lowest BCUT2D eigenvalue weighted by atomic mass is 9.97. The molecule has 150 valence electrons. The molecule has 29 heavy (non-hydrogen) atoms. The molecule has 1 fully saturated rings. The van der Waals surface area contributed by atoms with E-state index >= 15 is 0 Å². The van der Waals surface area contributed by atoms with Crippen molar-refractivity contribution >= 4 is 5.82 Å². The Labute approximate surface area is 172 Å². The van der Waals surface area contributed by atoms with Crippen LogP contribution in [0, 0.1) is 0 Å². The maximum absolute atomic E-state index is 5.12. The number of benzene rings is 1. The van der Waals surface area contributed by atoms with Crippen molar-refractivity contribution in [3.63, 3.8) is 0 Å². The topological polar surface area (TPSA) is 59.7 Å². The Morgan fingerprint density at radius 2 is 1.93 bits per heavy atom. The van der Waals surface area contributed by atoms with Gasteiger partial charge in [0, 0.05) is 12.5 Å². The summed E-state index contributed by atoms with van der Waals surface area (Å²) >= 11 is 0. The summed E-state index contributed by atoms with van der Waals surface area (Å²) in [5.41, 5.74) is 2.34. The standard InChI is InChI=1S/C23H28N6/c1-3-19-23-27-25-15-28(23)20-14-24-21(13-16(2)17-9-5-4-6-10-17)26-22(20)29(19)18-11-7-8-12-18/h4-6,9-10,14-16,18-19H,3,7-8,11-13H2,1-2H3. The van der Waals surface area contributed by atoms with Crippen molar-refractivity contribution in [2.45, 2.75) is 70.4 Å². The van der Waals surface area contributed by atoms with E-state index in [1.165, 1.54) is 31.2 Å². The van der Waals surface area contributed by atoms with Gasteiger partial charge < -0.3 is 4.90 Å². The Morgan fingerprint density at radius 1 is 1.14 bits per heavy atom. The largest absolute Gasteiger partial charge is 0.342 e. The molecule has 6 nitrogen and oxygen atoms in total. The van der Waals surface area contributed by atoms with Gasteiger partial charge in [-0.2, -0.15) is 0 Å². The van der Waals surface area contributed by atoms with E-state index in [2.05, 4.69) is 63.8 Å². The fourth-order valence-electron chi connectivity index (χ4n) is 4.95. The maximum atomic E-state index is 5.12.